The van der Waals surface area contributed by atoms with Gasteiger partial charge in [0.05, 0.1) is 0 Å². The number of nitrogens with one attached hydrogen (secondary N) is 1. The smallest absolute Gasteiger partial charge is 0.223 e. The van der Waals surface area contributed by atoms with Crippen LogP contribution in [0, 0.1) is 17.8 Å². The molecule has 1 amide bonds. The maximum atomic E-state index is 11.8. The van der Waals surface area contributed by atoms with Gasteiger partial charge in [-0.05, 0) is 37.5 Å². The molecular weight excluding hydrogens is 222 g/mol. The van der Waals surface area contributed by atoms with E-state index in [1.165, 1.54) is 19.3 Å². The van der Waals surface area contributed by atoms with Crippen LogP contribution in [0.25, 0.3) is 0 Å². The van der Waals surface area contributed by atoms with Gasteiger partial charge in [-0.15, -0.1) is 11.6 Å². The van der Waals surface area contributed by atoms with Crippen LogP contribution in [-0.2, 0) is 4.79 Å². The molecule has 2 atom stereocenters. The topological polar surface area (TPSA) is 29.1 Å². The molecule has 0 aromatic carbocycles. The zero-order valence-electron chi connectivity index (χ0n) is 10.5. The van der Waals surface area contributed by atoms with Gasteiger partial charge in [-0.2, -0.15) is 0 Å². The van der Waals surface area contributed by atoms with E-state index in [9.17, 15) is 4.79 Å². The number of carbonyl (C=O) groups is 1. The van der Waals surface area contributed by atoms with Gasteiger partial charge in [0.15, 0.2) is 0 Å². The van der Waals surface area contributed by atoms with E-state index < -0.39 is 0 Å². The Morgan fingerprint density at radius 3 is 2.50 bits per heavy atom. The van der Waals surface area contributed by atoms with E-state index in [4.69, 9.17) is 11.6 Å². The van der Waals surface area contributed by atoms with Crippen molar-refractivity contribution in [2.45, 2.75) is 46.0 Å². The summed E-state index contributed by atoms with van der Waals surface area (Å²) in [5, 5.41) is 3.09. The molecule has 0 saturated heterocycles. The van der Waals surface area contributed by atoms with E-state index in [1.807, 2.05) is 0 Å². The quantitative estimate of drug-likeness (QED) is 0.716. The lowest BCUT2D eigenvalue weighted by atomic mass is 9.97. The number of carbonyl (C=O) groups excluding carboxylic acids is 1. The fraction of sp³-hybridized carbons (Fsp3) is 0.923. The monoisotopic (exact) mass is 245 g/mol. The van der Waals surface area contributed by atoms with Crippen molar-refractivity contribution in [1.29, 1.82) is 0 Å². The van der Waals surface area contributed by atoms with Crippen molar-refractivity contribution in [2.24, 2.45) is 17.8 Å². The highest BCUT2D eigenvalue weighted by Gasteiger charge is 2.27. The average Bonchev–Trinajstić information content (AvgIpc) is 2.75. The molecule has 1 saturated carbocycles. The van der Waals surface area contributed by atoms with Gasteiger partial charge in [0.25, 0.3) is 0 Å². The van der Waals surface area contributed by atoms with Crippen molar-refractivity contribution < 1.29 is 4.79 Å². The Kier molecular flexibility index (Phi) is 6.18. The van der Waals surface area contributed by atoms with E-state index in [1.54, 1.807) is 0 Å². The first-order valence-corrected chi connectivity index (χ1v) is 7.10. The molecule has 1 N–H and O–H groups in total. The Bertz CT molecular complexity index is 216. The molecule has 0 bridgehead atoms. The first kappa shape index (κ1) is 13.8. The second-order valence-electron chi connectivity index (χ2n) is 4.86. The lowest BCUT2D eigenvalue weighted by Gasteiger charge is -2.19. The van der Waals surface area contributed by atoms with Crippen LogP contribution in [0.5, 0.6) is 0 Å². The summed E-state index contributed by atoms with van der Waals surface area (Å²) in [6.45, 7) is 4.97. The van der Waals surface area contributed by atoms with Crippen LogP contribution in [0.2, 0.25) is 0 Å². The summed E-state index contributed by atoms with van der Waals surface area (Å²) in [5.41, 5.74) is 0. The number of amides is 1. The minimum atomic E-state index is 0.191. The normalized spacial score (nSPS) is 25.0. The van der Waals surface area contributed by atoms with Crippen molar-refractivity contribution in [2.75, 3.05) is 12.4 Å². The van der Waals surface area contributed by atoms with Crippen molar-refractivity contribution in [3.8, 4) is 0 Å². The predicted molar refractivity (Wildman–Crippen MR) is 68.6 cm³/mol. The molecule has 3 heteroatoms. The fourth-order valence-electron chi connectivity index (χ4n) is 2.62. The Labute approximate surface area is 104 Å². The molecule has 0 radical (unpaired) electrons. The van der Waals surface area contributed by atoms with Gasteiger partial charge in [-0.25, -0.2) is 0 Å². The summed E-state index contributed by atoms with van der Waals surface area (Å²) in [7, 11) is 0. The van der Waals surface area contributed by atoms with Gasteiger partial charge in [0, 0.05) is 18.3 Å². The number of alkyl halides is 1. The first-order valence-electron chi connectivity index (χ1n) is 6.56. The number of hydrogen-bond donors (Lipinski definition) is 1. The molecule has 2 unspecified atom stereocenters. The van der Waals surface area contributed by atoms with E-state index in [-0.39, 0.29) is 11.8 Å². The van der Waals surface area contributed by atoms with Crippen LogP contribution in [0.4, 0.5) is 0 Å². The Morgan fingerprint density at radius 2 is 1.94 bits per heavy atom. The third-order valence-corrected chi connectivity index (χ3v) is 4.31. The van der Waals surface area contributed by atoms with Gasteiger partial charge in [0.1, 0.15) is 0 Å². The van der Waals surface area contributed by atoms with E-state index >= 15 is 0 Å². The molecule has 0 spiro atoms. The molecule has 1 aliphatic rings. The molecule has 0 aromatic heterocycles. The predicted octanol–water partition coefficient (Wildman–Crippen LogP) is 3.19. The fourth-order valence-corrected chi connectivity index (χ4v) is 3.03. The number of hydrogen-bond acceptors (Lipinski definition) is 1. The van der Waals surface area contributed by atoms with Gasteiger partial charge < -0.3 is 5.32 Å². The Balaban J connectivity index is 2.30. The van der Waals surface area contributed by atoms with Crippen LogP contribution in [0.1, 0.15) is 46.0 Å². The third kappa shape index (κ3) is 3.65. The maximum Gasteiger partial charge on any atom is 0.223 e. The Hall–Kier alpha value is -0.240. The van der Waals surface area contributed by atoms with Crippen LogP contribution >= 0.6 is 11.6 Å². The summed E-state index contributed by atoms with van der Waals surface area (Å²) in [4.78, 5) is 11.8. The standard InChI is InChI=1S/C13H24ClNO/c1-3-10(4-2)13(16)15-9-12-7-5-6-11(12)8-14/h10-12H,3-9H2,1-2H3,(H,15,16). The number of halogens is 1. The average molecular weight is 246 g/mol. The van der Waals surface area contributed by atoms with Crippen LogP contribution < -0.4 is 5.32 Å². The lowest BCUT2D eigenvalue weighted by Crippen LogP contribution is -2.35. The minimum absolute atomic E-state index is 0.191. The highest BCUT2D eigenvalue weighted by Crippen LogP contribution is 2.32. The SMILES string of the molecule is CCC(CC)C(=O)NCC1CCCC1CCl. The van der Waals surface area contributed by atoms with Crippen molar-refractivity contribution >= 4 is 17.5 Å². The molecule has 0 aliphatic heterocycles. The van der Waals surface area contributed by atoms with E-state index in [0.717, 1.165) is 25.3 Å². The highest BCUT2D eigenvalue weighted by atomic mass is 35.5. The second kappa shape index (κ2) is 7.16. The Morgan fingerprint density at radius 1 is 1.31 bits per heavy atom. The highest BCUT2D eigenvalue weighted by molar-refractivity contribution is 6.18. The van der Waals surface area contributed by atoms with Crippen molar-refractivity contribution in [1.82, 2.24) is 5.32 Å². The van der Waals surface area contributed by atoms with Crippen molar-refractivity contribution in [3.63, 3.8) is 0 Å². The van der Waals surface area contributed by atoms with Crippen LogP contribution in [-0.4, -0.2) is 18.3 Å². The molecule has 0 heterocycles. The van der Waals surface area contributed by atoms with Crippen LogP contribution in [0.3, 0.4) is 0 Å². The maximum absolute atomic E-state index is 11.8. The summed E-state index contributed by atoms with van der Waals surface area (Å²) in [5.74, 6) is 2.38. The number of rotatable bonds is 6. The third-order valence-electron chi connectivity index (χ3n) is 3.91. The molecule has 1 fully saturated rings. The summed E-state index contributed by atoms with van der Waals surface area (Å²) >= 11 is 5.92. The summed E-state index contributed by atoms with van der Waals surface area (Å²) < 4.78 is 0. The molecule has 94 valence electrons. The van der Waals surface area contributed by atoms with Gasteiger partial charge in [-0.1, -0.05) is 20.3 Å². The summed E-state index contributed by atoms with van der Waals surface area (Å²) in [6.07, 6.45) is 5.59. The molecule has 1 rings (SSSR count). The van der Waals surface area contributed by atoms with Gasteiger partial charge >= 0.3 is 0 Å². The molecule has 16 heavy (non-hydrogen) atoms. The van der Waals surface area contributed by atoms with Gasteiger partial charge in [0.2, 0.25) is 5.91 Å². The zero-order valence-corrected chi connectivity index (χ0v) is 11.2. The van der Waals surface area contributed by atoms with E-state index in [0.29, 0.717) is 11.8 Å². The molecule has 1 aliphatic carbocycles. The molecular formula is C13H24ClNO. The lowest BCUT2D eigenvalue weighted by molar-refractivity contribution is -0.125. The van der Waals surface area contributed by atoms with Crippen molar-refractivity contribution in [3.05, 3.63) is 0 Å². The first-order chi connectivity index (χ1) is 7.72. The minimum Gasteiger partial charge on any atom is -0.356 e. The second-order valence-corrected chi connectivity index (χ2v) is 5.17. The summed E-state index contributed by atoms with van der Waals surface area (Å²) in [6, 6.07) is 0. The molecule has 2 nitrogen and oxygen atoms in total. The zero-order chi connectivity index (χ0) is 12.0. The van der Waals surface area contributed by atoms with E-state index in [2.05, 4.69) is 19.2 Å². The van der Waals surface area contributed by atoms with Gasteiger partial charge in [-0.3, -0.25) is 4.79 Å². The largest absolute Gasteiger partial charge is 0.356 e. The van der Waals surface area contributed by atoms with Crippen LogP contribution in [0.15, 0.2) is 0 Å². The molecule has 0 aromatic rings.